The van der Waals surface area contributed by atoms with Crippen LogP contribution in [-0.4, -0.2) is 33.1 Å². The molecule has 0 aliphatic carbocycles. The molecule has 0 amide bonds. The fourth-order valence-electron chi connectivity index (χ4n) is 0.801. The van der Waals surface area contributed by atoms with Gasteiger partial charge in [-0.3, -0.25) is 9.36 Å². The van der Waals surface area contributed by atoms with Gasteiger partial charge >= 0.3 is 5.97 Å². The van der Waals surface area contributed by atoms with E-state index in [1.807, 2.05) is 0 Å². The molecule has 0 aliphatic rings. The Morgan fingerprint density at radius 3 is 2.71 bits per heavy atom. The highest BCUT2D eigenvalue weighted by atomic mass is 32.2. The van der Waals surface area contributed by atoms with Crippen LogP contribution >= 0.6 is 11.8 Å². The molecule has 0 spiro atoms. The summed E-state index contributed by atoms with van der Waals surface area (Å²) in [4.78, 5) is 11.1. The molecule has 14 heavy (non-hydrogen) atoms. The van der Waals surface area contributed by atoms with Gasteiger partial charge in [-0.05, 0) is 6.92 Å². The van der Waals surface area contributed by atoms with Gasteiger partial charge in [-0.25, -0.2) is 0 Å². The number of hydrogen-bond acceptors (Lipinski definition) is 6. The van der Waals surface area contributed by atoms with Crippen LogP contribution in [0.2, 0.25) is 0 Å². The molecule has 78 valence electrons. The van der Waals surface area contributed by atoms with E-state index in [1.165, 1.54) is 18.9 Å². The van der Waals surface area contributed by atoms with E-state index in [0.717, 1.165) is 0 Å². The van der Waals surface area contributed by atoms with Gasteiger partial charge in [0, 0.05) is 7.05 Å². The number of rotatable bonds is 3. The van der Waals surface area contributed by atoms with Gasteiger partial charge in [-0.2, -0.15) is 0 Å². The maximum absolute atomic E-state index is 11.1. The van der Waals surface area contributed by atoms with Crippen LogP contribution in [0.1, 0.15) is 6.92 Å². The van der Waals surface area contributed by atoms with Gasteiger partial charge < -0.3 is 10.5 Å². The molecule has 1 aromatic heterocycles. The van der Waals surface area contributed by atoms with Crippen LogP contribution in [0.25, 0.3) is 0 Å². The molecule has 0 aromatic carbocycles. The van der Waals surface area contributed by atoms with Crippen LogP contribution in [0.3, 0.4) is 0 Å². The predicted octanol–water partition coefficient (Wildman–Crippen LogP) is 0.0509. The van der Waals surface area contributed by atoms with Crippen molar-refractivity contribution in [3.8, 4) is 0 Å². The molecular formula is C7H12N4O2S. The first kappa shape index (κ1) is 10.8. The largest absolute Gasteiger partial charge is 0.468 e. The van der Waals surface area contributed by atoms with Crippen LogP contribution in [-0.2, 0) is 16.6 Å². The van der Waals surface area contributed by atoms with E-state index in [9.17, 15) is 4.79 Å². The third kappa shape index (κ3) is 2.16. The first-order chi connectivity index (χ1) is 6.56. The number of nitrogen functional groups attached to an aromatic ring is 1. The second kappa shape index (κ2) is 4.32. The Kier molecular flexibility index (Phi) is 3.34. The number of carbonyl (C=O) groups is 1. The standard InChI is InChI=1S/C7H12N4O2S/c1-4(5(12)13-3)14-7-10-9-6(8)11(7)2/h4H,1-3H3,(H2,8,9). The summed E-state index contributed by atoms with van der Waals surface area (Å²) in [5.41, 5.74) is 5.48. The number of anilines is 1. The zero-order valence-corrected chi connectivity index (χ0v) is 9.04. The van der Waals surface area contributed by atoms with Crippen molar-refractivity contribution in [3.63, 3.8) is 0 Å². The lowest BCUT2D eigenvalue weighted by Crippen LogP contribution is -2.15. The maximum Gasteiger partial charge on any atom is 0.318 e. The quantitative estimate of drug-likeness (QED) is 0.568. The number of thioether (sulfide) groups is 1. The summed E-state index contributed by atoms with van der Waals surface area (Å²) in [6.07, 6.45) is 0. The van der Waals surface area contributed by atoms with Crippen LogP contribution in [0.5, 0.6) is 0 Å². The normalized spacial score (nSPS) is 12.5. The van der Waals surface area contributed by atoms with Gasteiger partial charge in [0.2, 0.25) is 5.95 Å². The molecule has 1 heterocycles. The first-order valence-corrected chi connectivity index (χ1v) is 4.83. The Morgan fingerprint density at radius 2 is 2.29 bits per heavy atom. The number of esters is 1. The second-order valence-electron chi connectivity index (χ2n) is 2.68. The average Bonchev–Trinajstić information content (AvgIpc) is 2.48. The predicted molar refractivity (Wildman–Crippen MR) is 52.8 cm³/mol. The summed E-state index contributed by atoms with van der Waals surface area (Å²) in [7, 11) is 3.09. The minimum Gasteiger partial charge on any atom is -0.468 e. The molecule has 2 N–H and O–H groups in total. The summed E-state index contributed by atoms with van der Waals surface area (Å²) in [5, 5.41) is 7.77. The molecule has 6 nitrogen and oxygen atoms in total. The second-order valence-corrected chi connectivity index (χ2v) is 3.99. The number of methoxy groups -OCH3 is 1. The van der Waals surface area contributed by atoms with Gasteiger partial charge in [0.15, 0.2) is 5.16 Å². The molecule has 1 rings (SSSR count). The summed E-state index contributed by atoms with van der Waals surface area (Å²) < 4.78 is 6.20. The van der Waals surface area contributed by atoms with Crippen LogP contribution in [0.4, 0.5) is 5.95 Å². The molecule has 1 unspecified atom stereocenters. The van der Waals surface area contributed by atoms with E-state index >= 15 is 0 Å². The van der Waals surface area contributed by atoms with Gasteiger partial charge in [0.1, 0.15) is 5.25 Å². The molecule has 7 heteroatoms. The third-order valence-corrected chi connectivity index (χ3v) is 2.80. The zero-order chi connectivity index (χ0) is 10.7. The lowest BCUT2D eigenvalue weighted by molar-refractivity contribution is -0.139. The van der Waals surface area contributed by atoms with E-state index in [0.29, 0.717) is 11.1 Å². The van der Waals surface area contributed by atoms with Crippen molar-refractivity contribution in [2.75, 3.05) is 12.8 Å². The molecule has 0 radical (unpaired) electrons. The van der Waals surface area contributed by atoms with Gasteiger partial charge in [0.05, 0.1) is 7.11 Å². The van der Waals surface area contributed by atoms with Crippen LogP contribution in [0.15, 0.2) is 5.16 Å². The number of aromatic nitrogens is 3. The van der Waals surface area contributed by atoms with Crippen molar-refractivity contribution in [1.82, 2.24) is 14.8 Å². The van der Waals surface area contributed by atoms with E-state index in [2.05, 4.69) is 14.9 Å². The van der Waals surface area contributed by atoms with Crippen molar-refractivity contribution in [2.24, 2.45) is 7.05 Å². The monoisotopic (exact) mass is 216 g/mol. The fraction of sp³-hybridized carbons (Fsp3) is 0.571. The Morgan fingerprint density at radius 1 is 1.64 bits per heavy atom. The Labute approximate surface area is 85.8 Å². The van der Waals surface area contributed by atoms with Crippen molar-refractivity contribution >= 4 is 23.7 Å². The number of hydrogen-bond donors (Lipinski definition) is 1. The number of nitrogens with two attached hydrogens (primary N) is 1. The zero-order valence-electron chi connectivity index (χ0n) is 8.22. The number of ether oxygens (including phenoxy) is 1. The van der Waals surface area contributed by atoms with Gasteiger partial charge in [0.25, 0.3) is 0 Å². The summed E-state index contributed by atoms with van der Waals surface area (Å²) >= 11 is 1.26. The highest BCUT2D eigenvalue weighted by molar-refractivity contribution is 8.00. The average molecular weight is 216 g/mol. The van der Waals surface area contributed by atoms with Crippen molar-refractivity contribution in [1.29, 1.82) is 0 Å². The highest BCUT2D eigenvalue weighted by Gasteiger charge is 2.18. The highest BCUT2D eigenvalue weighted by Crippen LogP contribution is 2.22. The lowest BCUT2D eigenvalue weighted by atomic mass is 10.5. The summed E-state index contributed by atoms with van der Waals surface area (Å²) in [6, 6.07) is 0. The lowest BCUT2D eigenvalue weighted by Gasteiger charge is -2.07. The van der Waals surface area contributed by atoms with E-state index in [4.69, 9.17) is 5.73 Å². The minimum atomic E-state index is -0.317. The maximum atomic E-state index is 11.1. The van der Waals surface area contributed by atoms with Gasteiger partial charge in [-0.1, -0.05) is 11.8 Å². The number of nitrogens with zero attached hydrogens (tertiary/aromatic N) is 3. The first-order valence-electron chi connectivity index (χ1n) is 3.95. The molecule has 0 aliphatic heterocycles. The Hall–Kier alpha value is -1.24. The molecule has 0 saturated carbocycles. The van der Waals surface area contributed by atoms with E-state index in [1.54, 1.807) is 18.5 Å². The number of carbonyl (C=O) groups excluding carboxylic acids is 1. The van der Waals surface area contributed by atoms with E-state index in [-0.39, 0.29) is 11.2 Å². The van der Waals surface area contributed by atoms with E-state index < -0.39 is 0 Å². The third-order valence-electron chi connectivity index (χ3n) is 1.68. The van der Waals surface area contributed by atoms with Crippen LogP contribution in [0, 0.1) is 0 Å². The Balaban J connectivity index is 2.69. The molecular weight excluding hydrogens is 204 g/mol. The van der Waals surface area contributed by atoms with Gasteiger partial charge in [-0.15, -0.1) is 10.2 Å². The molecule has 0 fully saturated rings. The summed E-state index contributed by atoms with van der Waals surface area (Å²) in [6.45, 7) is 1.74. The molecule has 1 aromatic rings. The van der Waals surface area contributed by atoms with Crippen molar-refractivity contribution in [2.45, 2.75) is 17.3 Å². The van der Waals surface area contributed by atoms with Crippen molar-refractivity contribution < 1.29 is 9.53 Å². The molecule has 0 bridgehead atoms. The smallest absolute Gasteiger partial charge is 0.318 e. The van der Waals surface area contributed by atoms with Crippen LogP contribution < -0.4 is 5.73 Å². The van der Waals surface area contributed by atoms with Crippen molar-refractivity contribution in [3.05, 3.63) is 0 Å². The topological polar surface area (TPSA) is 83.0 Å². The summed E-state index contributed by atoms with van der Waals surface area (Å²) in [5.74, 6) is 0.0288. The molecule has 0 saturated heterocycles. The minimum absolute atomic E-state index is 0.295. The Bertz CT molecular complexity index is 338. The SMILES string of the molecule is COC(=O)C(C)Sc1nnc(N)n1C. The molecule has 1 atom stereocenters. The fourth-order valence-corrected chi connectivity index (χ4v) is 1.65.